The van der Waals surface area contributed by atoms with Gasteiger partial charge in [-0.05, 0) is 61.7 Å². The van der Waals surface area contributed by atoms with E-state index in [4.69, 9.17) is 28.7 Å². The van der Waals surface area contributed by atoms with Gasteiger partial charge in [0.1, 0.15) is 44.7 Å². The lowest BCUT2D eigenvalue weighted by atomic mass is 9.97. The minimum Gasteiger partial charge on any atom is -0.497 e. The number of carbonyl (C=O) groups excluding carboxylic acids is 2. The van der Waals surface area contributed by atoms with Crippen molar-refractivity contribution in [1.29, 1.82) is 0 Å². The first-order valence-electron chi connectivity index (χ1n) is 15.4. The monoisotopic (exact) mass is 702 g/mol. The van der Waals surface area contributed by atoms with Crippen LogP contribution >= 0.6 is 15.9 Å². The number of halogens is 1. The summed E-state index contributed by atoms with van der Waals surface area (Å²) in [5.41, 5.74) is 0.200. The average molecular weight is 704 g/mol. The minimum atomic E-state index is -0.762. The van der Waals surface area contributed by atoms with E-state index in [1.807, 2.05) is 49.6 Å². The molecule has 1 saturated heterocycles. The van der Waals surface area contributed by atoms with E-state index in [0.29, 0.717) is 53.7 Å². The molecule has 13 nitrogen and oxygen atoms in total. The first kappa shape index (κ1) is 33.7. The number of anilines is 1. The Morgan fingerprint density at radius 3 is 2.59 bits per heavy atom. The Bertz CT molecular complexity index is 1550. The summed E-state index contributed by atoms with van der Waals surface area (Å²) < 4.78 is 30.7. The predicted octanol–water partition coefficient (Wildman–Crippen LogP) is 4.87. The molecule has 2 N–H and O–H groups in total. The Kier molecular flexibility index (Phi) is 10.3. The Morgan fingerprint density at radius 2 is 1.91 bits per heavy atom. The van der Waals surface area contributed by atoms with Crippen molar-refractivity contribution in [2.45, 2.75) is 76.3 Å². The summed E-state index contributed by atoms with van der Waals surface area (Å²) in [6.07, 6.45) is 5.73. The SMILES string of the molecule is COC(=O)C1(NC[C@@H]2CO[C@@H](c3nc(Br)c4c(NCc5ccc(OC)cc5OC)nccn34)CN2C(=O)OC(C)(C)C)CCCC1. The van der Waals surface area contributed by atoms with Gasteiger partial charge in [-0.1, -0.05) is 12.8 Å². The van der Waals surface area contributed by atoms with Gasteiger partial charge in [0.05, 0.1) is 40.5 Å². The standard InChI is InChI=1S/C32H43BrN6O7/c1-31(2,3)46-30(41)39-18-24(45-19-21(39)17-36-32(29(40)44-6)11-7-8-12-32)28-37-26(33)25-27(34-13-14-38(25)28)35-16-20-9-10-22(42-4)15-23(20)43-5/h9-10,13-15,21,24,36H,7-8,11-12,16-19H2,1-6H3,(H,34,35)/t21-,24-/m1/s1. The van der Waals surface area contributed by atoms with Crippen LogP contribution in [0.15, 0.2) is 35.2 Å². The van der Waals surface area contributed by atoms with Crippen molar-refractivity contribution in [3.05, 3.63) is 46.6 Å². The van der Waals surface area contributed by atoms with E-state index in [0.717, 1.165) is 23.9 Å². The van der Waals surface area contributed by atoms with Crippen LogP contribution in [0.4, 0.5) is 10.6 Å². The molecule has 2 atom stereocenters. The van der Waals surface area contributed by atoms with Crippen LogP contribution in [0.25, 0.3) is 5.52 Å². The van der Waals surface area contributed by atoms with E-state index in [2.05, 4.69) is 31.5 Å². The maximum Gasteiger partial charge on any atom is 0.410 e. The third-order valence-electron chi connectivity index (χ3n) is 8.40. The number of nitrogens with zero attached hydrogens (tertiary/aromatic N) is 4. The molecule has 2 aromatic heterocycles. The van der Waals surface area contributed by atoms with E-state index in [9.17, 15) is 9.59 Å². The number of esters is 1. The summed E-state index contributed by atoms with van der Waals surface area (Å²) in [6.45, 7) is 6.72. The number of aromatic nitrogens is 3. The van der Waals surface area contributed by atoms with Gasteiger partial charge in [0, 0.05) is 37.1 Å². The second kappa shape index (κ2) is 14.0. The van der Waals surface area contributed by atoms with Crippen molar-refractivity contribution >= 4 is 39.3 Å². The molecule has 5 rings (SSSR count). The van der Waals surface area contributed by atoms with Crippen LogP contribution < -0.4 is 20.1 Å². The van der Waals surface area contributed by atoms with Gasteiger partial charge in [0.15, 0.2) is 5.82 Å². The summed E-state index contributed by atoms with van der Waals surface area (Å²) in [5.74, 6) is 2.34. The molecule has 3 aromatic rings. The van der Waals surface area contributed by atoms with Gasteiger partial charge < -0.3 is 29.0 Å². The normalized spacial score (nSPS) is 19.6. The zero-order chi connectivity index (χ0) is 33.1. The van der Waals surface area contributed by atoms with Crippen LogP contribution in [0.2, 0.25) is 0 Å². The number of ether oxygens (including phenoxy) is 5. The fraction of sp³-hybridized carbons (Fsp3) is 0.562. The highest BCUT2D eigenvalue weighted by molar-refractivity contribution is 9.10. The molecule has 1 aliphatic carbocycles. The third kappa shape index (κ3) is 7.18. The molecule has 46 heavy (non-hydrogen) atoms. The number of methoxy groups -OCH3 is 3. The van der Waals surface area contributed by atoms with Gasteiger partial charge in [-0.2, -0.15) is 0 Å². The molecular formula is C32H43BrN6O7. The van der Waals surface area contributed by atoms with Gasteiger partial charge in [0.2, 0.25) is 0 Å². The molecule has 1 aromatic carbocycles. The number of amides is 1. The van der Waals surface area contributed by atoms with E-state index in [1.165, 1.54) is 7.11 Å². The van der Waals surface area contributed by atoms with Crippen molar-refractivity contribution in [3.8, 4) is 11.5 Å². The molecule has 1 aliphatic heterocycles. The number of nitrogens with one attached hydrogen (secondary N) is 2. The summed E-state index contributed by atoms with van der Waals surface area (Å²) >= 11 is 3.63. The molecular weight excluding hydrogens is 660 g/mol. The van der Waals surface area contributed by atoms with Gasteiger partial charge >= 0.3 is 12.1 Å². The number of rotatable bonds is 10. The number of carbonyl (C=O) groups is 2. The number of hydrogen-bond acceptors (Lipinski definition) is 11. The fourth-order valence-corrected chi connectivity index (χ4v) is 6.62. The zero-order valence-corrected chi connectivity index (χ0v) is 28.8. The van der Waals surface area contributed by atoms with Crippen molar-refractivity contribution in [1.82, 2.24) is 24.6 Å². The van der Waals surface area contributed by atoms with Crippen LogP contribution in [0, 0.1) is 0 Å². The second-order valence-electron chi connectivity index (χ2n) is 12.6. The van der Waals surface area contributed by atoms with E-state index >= 15 is 0 Å². The first-order valence-corrected chi connectivity index (χ1v) is 16.2. The lowest BCUT2D eigenvalue weighted by Crippen LogP contribution is -2.59. The van der Waals surface area contributed by atoms with Crippen LogP contribution in [-0.4, -0.2) is 89.5 Å². The number of fused-ring (bicyclic) bond motifs is 1. The molecule has 2 fully saturated rings. The van der Waals surface area contributed by atoms with Gasteiger partial charge in [-0.15, -0.1) is 0 Å². The summed E-state index contributed by atoms with van der Waals surface area (Å²) in [7, 11) is 4.64. The maximum absolute atomic E-state index is 13.6. The molecule has 1 saturated carbocycles. The topological polar surface area (TPSA) is 138 Å². The van der Waals surface area contributed by atoms with E-state index in [1.54, 1.807) is 25.3 Å². The van der Waals surface area contributed by atoms with Crippen molar-refractivity contribution < 1.29 is 33.3 Å². The quantitative estimate of drug-likeness (QED) is 0.280. The molecule has 1 amide bonds. The molecule has 0 spiro atoms. The highest BCUT2D eigenvalue weighted by Gasteiger charge is 2.44. The number of benzene rings is 1. The molecule has 0 unspecified atom stereocenters. The molecule has 3 heterocycles. The number of morpholine rings is 1. The fourth-order valence-electron chi connectivity index (χ4n) is 6.06. The van der Waals surface area contributed by atoms with Crippen molar-refractivity contribution in [2.24, 2.45) is 0 Å². The van der Waals surface area contributed by atoms with E-state index < -0.39 is 23.3 Å². The smallest absolute Gasteiger partial charge is 0.410 e. The molecule has 0 radical (unpaired) electrons. The Morgan fingerprint density at radius 1 is 1.15 bits per heavy atom. The third-order valence-corrected chi connectivity index (χ3v) is 8.95. The van der Waals surface area contributed by atoms with Crippen LogP contribution in [0.3, 0.4) is 0 Å². The van der Waals surface area contributed by atoms with Crippen molar-refractivity contribution in [3.63, 3.8) is 0 Å². The van der Waals surface area contributed by atoms with Gasteiger partial charge in [-0.3, -0.25) is 19.4 Å². The van der Waals surface area contributed by atoms with Gasteiger partial charge in [-0.25, -0.2) is 14.8 Å². The second-order valence-corrected chi connectivity index (χ2v) is 13.3. The Hall–Kier alpha value is -3.62. The number of hydrogen-bond donors (Lipinski definition) is 2. The van der Waals surface area contributed by atoms with E-state index in [-0.39, 0.29) is 25.2 Å². The maximum atomic E-state index is 13.6. The predicted molar refractivity (Wildman–Crippen MR) is 174 cm³/mol. The van der Waals surface area contributed by atoms with Crippen molar-refractivity contribution in [2.75, 3.05) is 46.3 Å². The largest absolute Gasteiger partial charge is 0.497 e. The lowest BCUT2D eigenvalue weighted by molar-refractivity contribution is -0.148. The van der Waals surface area contributed by atoms with Crippen LogP contribution in [-0.2, 0) is 25.5 Å². The highest BCUT2D eigenvalue weighted by atomic mass is 79.9. The Labute approximate surface area is 277 Å². The van der Waals surface area contributed by atoms with Crippen LogP contribution in [0.5, 0.6) is 11.5 Å². The lowest BCUT2D eigenvalue weighted by Gasteiger charge is -2.41. The molecule has 0 bridgehead atoms. The molecule has 2 aliphatic rings. The minimum absolute atomic E-state index is 0.201. The Balaban J connectivity index is 1.38. The summed E-state index contributed by atoms with van der Waals surface area (Å²) in [6, 6.07) is 5.28. The number of imidazole rings is 1. The zero-order valence-electron chi connectivity index (χ0n) is 27.2. The molecule has 14 heteroatoms. The first-order chi connectivity index (χ1) is 22.0. The van der Waals surface area contributed by atoms with Crippen LogP contribution in [0.1, 0.15) is 63.9 Å². The summed E-state index contributed by atoms with van der Waals surface area (Å²) in [5, 5.41) is 6.84. The average Bonchev–Trinajstić information content (AvgIpc) is 3.67. The highest BCUT2D eigenvalue weighted by Crippen LogP contribution is 2.34. The van der Waals surface area contributed by atoms with Gasteiger partial charge in [0.25, 0.3) is 0 Å². The summed E-state index contributed by atoms with van der Waals surface area (Å²) in [4.78, 5) is 37.4. The molecule has 250 valence electrons.